The van der Waals surface area contributed by atoms with Crippen LogP contribution in [0.4, 0.5) is 13.2 Å². The van der Waals surface area contributed by atoms with Crippen molar-refractivity contribution in [3.05, 3.63) is 35.4 Å². The molecular formula is C11H14F3NO2S. The predicted octanol–water partition coefficient (Wildman–Crippen LogP) is 2.53. The molecule has 1 N–H and O–H groups in total. The summed E-state index contributed by atoms with van der Waals surface area (Å²) in [6.45, 7) is 1.33. The minimum atomic E-state index is -4.48. The fourth-order valence-corrected chi connectivity index (χ4v) is 2.54. The quantitative estimate of drug-likeness (QED) is 0.901. The zero-order valence-corrected chi connectivity index (χ0v) is 10.6. The molecule has 0 fully saturated rings. The van der Waals surface area contributed by atoms with Gasteiger partial charge in [-0.25, -0.2) is 13.1 Å². The molecule has 0 saturated carbocycles. The summed E-state index contributed by atoms with van der Waals surface area (Å²) in [5.74, 6) is -0.0960. The highest BCUT2D eigenvalue weighted by molar-refractivity contribution is 7.89. The van der Waals surface area contributed by atoms with Crippen molar-refractivity contribution in [1.82, 2.24) is 4.72 Å². The maximum absolute atomic E-state index is 12.6. The molecule has 0 aliphatic rings. The molecule has 0 amide bonds. The monoisotopic (exact) mass is 281 g/mol. The Hall–Kier alpha value is -1.08. The third kappa shape index (κ3) is 4.30. The van der Waals surface area contributed by atoms with Gasteiger partial charge in [0.15, 0.2) is 0 Å². The van der Waals surface area contributed by atoms with E-state index < -0.39 is 21.8 Å². The van der Waals surface area contributed by atoms with Gasteiger partial charge in [-0.15, -0.1) is 0 Å². The van der Waals surface area contributed by atoms with Gasteiger partial charge >= 0.3 is 6.18 Å². The van der Waals surface area contributed by atoms with E-state index in [0.29, 0.717) is 6.42 Å². The minimum Gasteiger partial charge on any atom is -0.212 e. The number of hydrogen-bond donors (Lipinski definition) is 1. The Bertz CT molecular complexity index is 497. The summed E-state index contributed by atoms with van der Waals surface area (Å²) in [5, 5.41) is 0. The predicted molar refractivity (Wildman–Crippen MR) is 62.4 cm³/mol. The fourth-order valence-electron chi connectivity index (χ4n) is 1.48. The summed E-state index contributed by atoms with van der Waals surface area (Å²) < 4.78 is 62.8. The van der Waals surface area contributed by atoms with Crippen LogP contribution in [0.1, 0.15) is 24.5 Å². The average molecular weight is 281 g/mol. The number of hydrogen-bond acceptors (Lipinski definition) is 2. The van der Waals surface area contributed by atoms with Crippen LogP contribution in [0.5, 0.6) is 0 Å². The largest absolute Gasteiger partial charge is 0.416 e. The van der Waals surface area contributed by atoms with Crippen molar-refractivity contribution in [2.45, 2.75) is 26.1 Å². The number of alkyl halides is 3. The lowest BCUT2D eigenvalue weighted by molar-refractivity contribution is -0.138. The first-order valence-electron chi connectivity index (χ1n) is 5.38. The molecular weight excluding hydrogens is 267 g/mol. The first-order valence-corrected chi connectivity index (χ1v) is 7.04. The lowest BCUT2D eigenvalue weighted by atomic mass is 10.1. The highest BCUT2D eigenvalue weighted by Crippen LogP contribution is 2.31. The molecule has 0 bridgehead atoms. The molecule has 0 atom stereocenters. The lowest BCUT2D eigenvalue weighted by Gasteiger charge is -2.13. The van der Waals surface area contributed by atoms with Crippen molar-refractivity contribution < 1.29 is 21.6 Å². The number of sulfonamides is 1. The summed E-state index contributed by atoms with van der Waals surface area (Å²) >= 11 is 0. The van der Waals surface area contributed by atoms with Crippen LogP contribution in [0.2, 0.25) is 0 Å². The van der Waals surface area contributed by atoms with E-state index in [1.165, 1.54) is 18.2 Å². The van der Waals surface area contributed by atoms with Crippen molar-refractivity contribution in [3.8, 4) is 0 Å². The van der Waals surface area contributed by atoms with E-state index in [-0.39, 0.29) is 17.9 Å². The lowest BCUT2D eigenvalue weighted by Crippen LogP contribution is -2.26. The molecule has 102 valence electrons. The van der Waals surface area contributed by atoms with Crippen molar-refractivity contribution in [1.29, 1.82) is 0 Å². The minimum absolute atomic E-state index is 0.0790. The van der Waals surface area contributed by atoms with Crippen LogP contribution in [-0.4, -0.2) is 14.2 Å². The van der Waals surface area contributed by atoms with Crippen LogP contribution >= 0.6 is 0 Å². The van der Waals surface area contributed by atoms with Crippen LogP contribution in [0.25, 0.3) is 0 Å². The van der Waals surface area contributed by atoms with Gasteiger partial charge in [0.2, 0.25) is 10.0 Å². The molecule has 0 aromatic heterocycles. The van der Waals surface area contributed by atoms with Crippen molar-refractivity contribution >= 4 is 10.0 Å². The first kappa shape index (κ1) is 15.0. The van der Waals surface area contributed by atoms with Crippen LogP contribution in [0, 0.1) is 0 Å². The topological polar surface area (TPSA) is 46.2 Å². The zero-order valence-electron chi connectivity index (χ0n) is 9.79. The average Bonchev–Trinajstić information content (AvgIpc) is 2.26. The molecule has 0 spiro atoms. The summed E-state index contributed by atoms with van der Waals surface area (Å²) in [6.07, 6.45) is -4.07. The Kier molecular flexibility index (Phi) is 4.75. The number of rotatable bonds is 5. The molecule has 0 heterocycles. The highest BCUT2D eigenvalue weighted by atomic mass is 32.2. The Labute approximate surface area is 104 Å². The van der Waals surface area contributed by atoms with E-state index in [9.17, 15) is 21.6 Å². The number of benzene rings is 1. The molecule has 0 radical (unpaired) electrons. The molecule has 3 nitrogen and oxygen atoms in total. The van der Waals surface area contributed by atoms with Gasteiger partial charge < -0.3 is 0 Å². The Morgan fingerprint density at radius 3 is 2.39 bits per heavy atom. The van der Waals surface area contributed by atoms with Gasteiger partial charge in [0, 0.05) is 6.54 Å². The third-order valence-electron chi connectivity index (χ3n) is 2.28. The maximum Gasteiger partial charge on any atom is 0.416 e. The van der Waals surface area contributed by atoms with E-state index in [2.05, 4.69) is 4.72 Å². The molecule has 1 aromatic rings. The molecule has 18 heavy (non-hydrogen) atoms. The van der Waals surface area contributed by atoms with E-state index in [1.54, 1.807) is 6.92 Å². The molecule has 0 saturated heterocycles. The molecule has 0 aliphatic heterocycles. The smallest absolute Gasteiger partial charge is 0.212 e. The van der Waals surface area contributed by atoms with Gasteiger partial charge in [-0.1, -0.05) is 25.1 Å². The van der Waals surface area contributed by atoms with Crippen LogP contribution in [-0.2, 0) is 22.7 Å². The second-order valence-electron chi connectivity index (χ2n) is 3.79. The molecule has 1 aromatic carbocycles. The fraction of sp³-hybridized carbons (Fsp3) is 0.455. The standard InChI is InChI=1S/C11H14F3NO2S/c1-2-7-18(16,17)15-8-9-5-3-4-6-10(9)11(12,13)14/h3-6,15H,2,7-8H2,1H3. The summed E-state index contributed by atoms with van der Waals surface area (Å²) in [5.41, 5.74) is -0.895. The van der Waals surface area contributed by atoms with Gasteiger partial charge in [-0.2, -0.15) is 13.2 Å². The van der Waals surface area contributed by atoms with Crippen LogP contribution < -0.4 is 4.72 Å². The Morgan fingerprint density at radius 2 is 1.83 bits per heavy atom. The van der Waals surface area contributed by atoms with Crippen molar-refractivity contribution in [2.75, 3.05) is 5.75 Å². The van der Waals surface area contributed by atoms with Gasteiger partial charge in [0.25, 0.3) is 0 Å². The molecule has 1 rings (SSSR count). The third-order valence-corrected chi connectivity index (χ3v) is 3.81. The van der Waals surface area contributed by atoms with Gasteiger partial charge in [-0.3, -0.25) is 0 Å². The second-order valence-corrected chi connectivity index (χ2v) is 5.72. The maximum atomic E-state index is 12.6. The molecule has 0 unspecified atom stereocenters. The Balaban J connectivity index is 2.86. The zero-order chi connectivity index (χ0) is 13.8. The first-order chi connectivity index (χ1) is 8.26. The summed E-state index contributed by atoms with van der Waals surface area (Å²) in [4.78, 5) is 0. The van der Waals surface area contributed by atoms with Gasteiger partial charge in [0.05, 0.1) is 11.3 Å². The van der Waals surface area contributed by atoms with Crippen molar-refractivity contribution in [3.63, 3.8) is 0 Å². The highest BCUT2D eigenvalue weighted by Gasteiger charge is 2.32. The van der Waals surface area contributed by atoms with E-state index in [0.717, 1.165) is 6.07 Å². The molecule has 7 heteroatoms. The van der Waals surface area contributed by atoms with Crippen molar-refractivity contribution in [2.24, 2.45) is 0 Å². The van der Waals surface area contributed by atoms with E-state index >= 15 is 0 Å². The normalized spacial score (nSPS) is 12.7. The number of halogens is 3. The van der Waals surface area contributed by atoms with Crippen LogP contribution in [0.3, 0.4) is 0 Å². The van der Waals surface area contributed by atoms with Gasteiger partial charge in [-0.05, 0) is 18.1 Å². The van der Waals surface area contributed by atoms with Crippen LogP contribution in [0.15, 0.2) is 24.3 Å². The second kappa shape index (κ2) is 5.71. The van der Waals surface area contributed by atoms with Gasteiger partial charge in [0.1, 0.15) is 0 Å². The number of nitrogens with one attached hydrogen (secondary N) is 1. The SMILES string of the molecule is CCCS(=O)(=O)NCc1ccccc1C(F)(F)F. The summed E-state index contributed by atoms with van der Waals surface area (Å²) in [7, 11) is -3.51. The van der Waals surface area contributed by atoms with E-state index in [1.807, 2.05) is 0 Å². The summed E-state index contributed by atoms with van der Waals surface area (Å²) in [6, 6.07) is 4.91. The molecule has 0 aliphatic carbocycles. The Morgan fingerprint density at radius 1 is 1.22 bits per heavy atom. The van der Waals surface area contributed by atoms with E-state index in [4.69, 9.17) is 0 Å².